The first-order valence-electron chi connectivity index (χ1n) is 6.23. The van der Waals surface area contributed by atoms with Crippen LogP contribution in [0.4, 0.5) is 0 Å². The van der Waals surface area contributed by atoms with Gasteiger partial charge in [-0.2, -0.15) is 0 Å². The zero-order valence-electron chi connectivity index (χ0n) is 10.7. The van der Waals surface area contributed by atoms with Crippen LogP contribution < -0.4 is 5.32 Å². The molecule has 2 atom stereocenters. The van der Waals surface area contributed by atoms with Gasteiger partial charge in [0.25, 0.3) is 0 Å². The van der Waals surface area contributed by atoms with Gasteiger partial charge in [-0.05, 0) is 24.9 Å². The molecule has 1 aromatic carbocycles. The van der Waals surface area contributed by atoms with Crippen molar-refractivity contribution in [3.05, 3.63) is 35.9 Å². The number of methoxy groups -OCH3 is 1. The lowest BCUT2D eigenvalue weighted by atomic mass is 10.0. The standard InChI is InChI=1S/C14H23NO2/c1-3-14(12-7-5-4-6-8-12)15-10-9-13(16)11-17-2/h4-8,13-16H,3,9-11H2,1-2H3. The topological polar surface area (TPSA) is 41.5 Å². The molecule has 0 aromatic heterocycles. The maximum Gasteiger partial charge on any atom is 0.0785 e. The molecular formula is C14H23NO2. The Hall–Kier alpha value is -0.900. The van der Waals surface area contributed by atoms with Gasteiger partial charge in [-0.1, -0.05) is 37.3 Å². The van der Waals surface area contributed by atoms with Crippen LogP contribution in [0.3, 0.4) is 0 Å². The molecule has 0 aliphatic rings. The Labute approximate surface area is 104 Å². The van der Waals surface area contributed by atoms with Crippen LogP contribution in [-0.2, 0) is 4.74 Å². The van der Waals surface area contributed by atoms with Gasteiger partial charge in [-0.3, -0.25) is 0 Å². The summed E-state index contributed by atoms with van der Waals surface area (Å²) in [5, 5.41) is 13.0. The van der Waals surface area contributed by atoms with Crippen LogP contribution in [0.1, 0.15) is 31.4 Å². The first-order chi connectivity index (χ1) is 8.27. The number of hydrogen-bond acceptors (Lipinski definition) is 3. The molecule has 0 saturated heterocycles. The van der Waals surface area contributed by atoms with Crippen molar-refractivity contribution in [2.75, 3.05) is 20.3 Å². The molecule has 2 N–H and O–H groups in total. The fourth-order valence-electron chi connectivity index (χ4n) is 1.88. The van der Waals surface area contributed by atoms with Crippen LogP contribution in [0, 0.1) is 0 Å². The minimum absolute atomic E-state index is 0.367. The summed E-state index contributed by atoms with van der Waals surface area (Å²) in [7, 11) is 1.61. The van der Waals surface area contributed by atoms with Crippen molar-refractivity contribution in [2.24, 2.45) is 0 Å². The fourth-order valence-corrected chi connectivity index (χ4v) is 1.88. The summed E-state index contributed by atoms with van der Waals surface area (Å²) in [5.74, 6) is 0. The first-order valence-corrected chi connectivity index (χ1v) is 6.23. The molecule has 0 amide bonds. The lowest BCUT2D eigenvalue weighted by Crippen LogP contribution is -2.26. The Kier molecular flexibility index (Phi) is 6.86. The van der Waals surface area contributed by atoms with Crippen molar-refractivity contribution in [2.45, 2.75) is 31.9 Å². The zero-order chi connectivity index (χ0) is 12.5. The molecule has 1 rings (SSSR count). The van der Waals surface area contributed by atoms with Crippen molar-refractivity contribution in [1.29, 1.82) is 0 Å². The molecule has 0 radical (unpaired) electrons. The van der Waals surface area contributed by atoms with Gasteiger partial charge in [0.2, 0.25) is 0 Å². The quantitative estimate of drug-likeness (QED) is 0.727. The van der Waals surface area contributed by atoms with E-state index in [0.29, 0.717) is 12.6 Å². The molecule has 0 fully saturated rings. The molecule has 0 bridgehead atoms. The van der Waals surface area contributed by atoms with E-state index in [1.54, 1.807) is 7.11 Å². The zero-order valence-corrected chi connectivity index (χ0v) is 10.7. The van der Waals surface area contributed by atoms with Crippen LogP contribution >= 0.6 is 0 Å². The number of aliphatic hydroxyl groups excluding tert-OH is 1. The molecule has 17 heavy (non-hydrogen) atoms. The third-order valence-corrected chi connectivity index (χ3v) is 2.84. The number of ether oxygens (including phenoxy) is 1. The van der Waals surface area contributed by atoms with Gasteiger partial charge >= 0.3 is 0 Å². The summed E-state index contributed by atoms with van der Waals surface area (Å²) in [5.41, 5.74) is 1.30. The smallest absolute Gasteiger partial charge is 0.0785 e. The van der Waals surface area contributed by atoms with Gasteiger partial charge in [0.15, 0.2) is 0 Å². The summed E-state index contributed by atoms with van der Waals surface area (Å²) in [6, 6.07) is 10.8. The van der Waals surface area contributed by atoms with E-state index < -0.39 is 0 Å². The van der Waals surface area contributed by atoms with Gasteiger partial charge in [0, 0.05) is 13.2 Å². The second kappa shape index (κ2) is 8.23. The molecular weight excluding hydrogens is 214 g/mol. The number of nitrogens with one attached hydrogen (secondary N) is 1. The Morgan fingerprint density at radius 1 is 1.29 bits per heavy atom. The molecule has 0 aliphatic heterocycles. The lowest BCUT2D eigenvalue weighted by Gasteiger charge is -2.18. The van der Waals surface area contributed by atoms with Gasteiger partial charge in [-0.25, -0.2) is 0 Å². The summed E-state index contributed by atoms with van der Waals surface area (Å²) in [6.45, 7) is 3.37. The van der Waals surface area contributed by atoms with E-state index in [-0.39, 0.29) is 6.10 Å². The second-order valence-corrected chi connectivity index (χ2v) is 4.22. The predicted octanol–water partition coefficient (Wildman–Crippen LogP) is 2.12. The summed E-state index contributed by atoms with van der Waals surface area (Å²) in [6.07, 6.45) is 1.39. The maximum absolute atomic E-state index is 9.54. The third kappa shape index (κ3) is 5.31. The van der Waals surface area contributed by atoms with Crippen LogP contribution in [0.25, 0.3) is 0 Å². The van der Waals surface area contributed by atoms with Gasteiger partial charge in [0.05, 0.1) is 12.7 Å². The molecule has 2 unspecified atom stereocenters. The molecule has 3 nitrogen and oxygen atoms in total. The highest BCUT2D eigenvalue weighted by Crippen LogP contribution is 2.15. The summed E-state index contributed by atoms with van der Waals surface area (Å²) >= 11 is 0. The molecule has 0 heterocycles. The van der Waals surface area contributed by atoms with Crippen LogP contribution in [0.2, 0.25) is 0 Å². The van der Waals surface area contributed by atoms with E-state index in [9.17, 15) is 5.11 Å². The van der Waals surface area contributed by atoms with Crippen molar-refractivity contribution < 1.29 is 9.84 Å². The van der Waals surface area contributed by atoms with Crippen molar-refractivity contribution in [1.82, 2.24) is 5.32 Å². The summed E-state index contributed by atoms with van der Waals surface area (Å²) in [4.78, 5) is 0. The summed E-state index contributed by atoms with van der Waals surface area (Å²) < 4.78 is 4.89. The number of aliphatic hydroxyl groups is 1. The SMILES string of the molecule is CCC(NCCC(O)COC)c1ccccc1. The highest BCUT2D eigenvalue weighted by atomic mass is 16.5. The van der Waals surface area contributed by atoms with Crippen LogP contribution in [0.5, 0.6) is 0 Å². The van der Waals surface area contributed by atoms with E-state index in [2.05, 4.69) is 36.5 Å². The van der Waals surface area contributed by atoms with E-state index in [1.165, 1.54) is 5.56 Å². The highest BCUT2D eigenvalue weighted by Gasteiger charge is 2.09. The Morgan fingerprint density at radius 3 is 2.59 bits per heavy atom. The van der Waals surface area contributed by atoms with Gasteiger partial charge in [-0.15, -0.1) is 0 Å². The van der Waals surface area contributed by atoms with Crippen LogP contribution in [0.15, 0.2) is 30.3 Å². The molecule has 0 saturated carbocycles. The van der Waals surface area contributed by atoms with Crippen molar-refractivity contribution in [3.63, 3.8) is 0 Å². The normalized spacial score (nSPS) is 14.5. The number of benzene rings is 1. The molecule has 1 aromatic rings. The van der Waals surface area contributed by atoms with E-state index in [4.69, 9.17) is 4.74 Å². The van der Waals surface area contributed by atoms with Crippen molar-refractivity contribution >= 4 is 0 Å². The second-order valence-electron chi connectivity index (χ2n) is 4.22. The monoisotopic (exact) mass is 237 g/mol. The number of rotatable bonds is 8. The van der Waals surface area contributed by atoms with Gasteiger partial charge in [0.1, 0.15) is 0 Å². The average Bonchev–Trinajstić information content (AvgIpc) is 2.36. The predicted molar refractivity (Wildman–Crippen MR) is 70.0 cm³/mol. The Morgan fingerprint density at radius 2 is 2.00 bits per heavy atom. The number of hydrogen-bond donors (Lipinski definition) is 2. The Balaban J connectivity index is 2.33. The lowest BCUT2D eigenvalue weighted by molar-refractivity contribution is 0.0589. The minimum Gasteiger partial charge on any atom is -0.391 e. The molecule has 0 spiro atoms. The van der Waals surface area contributed by atoms with Crippen molar-refractivity contribution in [3.8, 4) is 0 Å². The molecule has 3 heteroatoms. The highest BCUT2D eigenvalue weighted by molar-refractivity contribution is 5.18. The van der Waals surface area contributed by atoms with E-state index in [1.807, 2.05) is 6.07 Å². The Bertz CT molecular complexity index is 290. The van der Waals surface area contributed by atoms with E-state index >= 15 is 0 Å². The van der Waals surface area contributed by atoms with E-state index in [0.717, 1.165) is 19.4 Å². The van der Waals surface area contributed by atoms with Crippen LogP contribution in [-0.4, -0.2) is 31.5 Å². The first kappa shape index (κ1) is 14.2. The minimum atomic E-state index is -0.374. The largest absolute Gasteiger partial charge is 0.391 e. The third-order valence-electron chi connectivity index (χ3n) is 2.84. The molecule has 96 valence electrons. The average molecular weight is 237 g/mol. The molecule has 0 aliphatic carbocycles. The maximum atomic E-state index is 9.54. The fraction of sp³-hybridized carbons (Fsp3) is 0.571. The van der Waals surface area contributed by atoms with Gasteiger partial charge < -0.3 is 15.2 Å².